The summed E-state index contributed by atoms with van der Waals surface area (Å²) in [5.41, 5.74) is -2.21. The quantitative estimate of drug-likeness (QED) is 0.516. The number of nitrogens with one attached hydrogen (secondary N) is 2. The predicted octanol–water partition coefficient (Wildman–Crippen LogP) is 4.13. The van der Waals surface area contributed by atoms with E-state index in [9.17, 15) is 22.8 Å². The number of anilines is 1. The molecule has 0 atom stereocenters. The van der Waals surface area contributed by atoms with Crippen molar-refractivity contribution in [2.24, 2.45) is 0 Å². The van der Waals surface area contributed by atoms with Gasteiger partial charge >= 0.3 is 12.2 Å². The van der Waals surface area contributed by atoms with Crippen molar-refractivity contribution < 1.29 is 27.5 Å². The molecule has 0 aliphatic carbocycles. The molecule has 1 saturated heterocycles. The summed E-state index contributed by atoms with van der Waals surface area (Å²) in [6.07, 6.45) is -3.92. The fourth-order valence-electron chi connectivity index (χ4n) is 3.43. The first-order valence-electron chi connectivity index (χ1n) is 9.90. The van der Waals surface area contributed by atoms with E-state index in [-0.39, 0.29) is 30.6 Å². The van der Waals surface area contributed by atoms with Gasteiger partial charge in [0, 0.05) is 24.0 Å². The van der Waals surface area contributed by atoms with Crippen LogP contribution in [-0.4, -0.2) is 52.5 Å². The van der Waals surface area contributed by atoms with E-state index < -0.39 is 23.3 Å². The monoisotopic (exact) mass is 479 g/mol. The van der Waals surface area contributed by atoms with Crippen LogP contribution in [-0.2, 0) is 11.0 Å². The number of rotatable bonds is 6. The van der Waals surface area contributed by atoms with Gasteiger partial charge in [-0.2, -0.15) is 13.2 Å². The average molecular weight is 479 g/mol. The summed E-state index contributed by atoms with van der Waals surface area (Å²) >= 11 is 1.17. The van der Waals surface area contributed by atoms with E-state index in [2.05, 4.69) is 20.6 Å². The van der Waals surface area contributed by atoms with Crippen molar-refractivity contribution in [3.63, 3.8) is 0 Å². The van der Waals surface area contributed by atoms with Crippen LogP contribution in [0.4, 0.5) is 23.9 Å². The van der Waals surface area contributed by atoms with Gasteiger partial charge in [0.15, 0.2) is 0 Å². The maximum absolute atomic E-state index is 13.7. The van der Waals surface area contributed by atoms with E-state index in [0.717, 1.165) is 21.2 Å². The lowest BCUT2D eigenvalue weighted by atomic mass is 10.1. The first-order valence-corrected chi connectivity index (χ1v) is 10.7. The zero-order valence-corrected chi connectivity index (χ0v) is 18.7. The molecule has 3 amide bonds. The second-order valence-electron chi connectivity index (χ2n) is 7.91. The van der Waals surface area contributed by atoms with Gasteiger partial charge in [0.25, 0.3) is 5.91 Å². The van der Waals surface area contributed by atoms with Crippen LogP contribution in [0.5, 0.6) is 5.75 Å². The van der Waals surface area contributed by atoms with E-state index in [1.54, 1.807) is 38.1 Å². The maximum atomic E-state index is 13.7. The zero-order chi connectivity index (χ0) is 24.0. The van der Waals surface area contributed by atoms with Crippen LogP contribution in [0, 0.1) is 0 Å². The molecule has 0 saturated carbocycles. The smallest absolute Gasteiger partial charge is 0.420 e. The number of benzene rings is 1. The second kappa shape index (κ2) is 8.18. The Morgan fingerprint density at radius 3 is 2.64 bits per heavy atom. The molecule has 0 bridgehead atoms. The lowest BCUT2D eigenvalue weighted by molar-refractivity contribution is -0.137. The van der Waals surface area contributed by atoms with Gasteiger partial charge in [-0.1, -0.05) is 0 Å². The summed E-state index contributed by atoms with van der Waals surface area (Å²) in [6.45, 7) is 3.26. The number of thiophene rings is 1. The molecule has 0 radical (unpaired) electrons. The number of amides is 3. The molecule has 33 heavy (non-hydrogen) atoms. The third kappa shape index (κ3) is 4.42. The molecule has 2 aromatic heterocycles. The van der Waals surface area contributed by atoms with Crippen molar-refractivity contribution in [1.29, 1.82) is 0 Å². The van der Waals surface area contributed by atoms with E-state index in [4.69, 9.17) is 4.74 Å². The largest absolute Gasteiger partial charge is 0.497 e. The highest BCUT2D eigenvalue weighted by Gasteiger charge is 2.43. The number of methoxy groups -OCH3 is 1. The Balaban J connectivity index is 1.60. The molecule has 1 aliphatic heterocycles. The van der Waals surface area contributed by atoms with E-state index in [0.29, 0.717) is 10.6 Å². The van der Waals surface area contributed by atoms with Gasteiger partial charge in [-0.05, 0) is 43.5 Å². The van der Waals surface area contributed by atoms with Crippen LogP contribution in [0.1, 0.15) is 19.4 Å². The summed E-state index contributed by atoms with van der Waals surface area (Å²) < 4.78 is 46.9. The van der Waals surface area contributed by atoms with Crippen molar-refractivity contribution >= 4 is 39.3 Å². The highest BCUT2D eigenvalue weighted by atomic mass is 32.1. The first-order chi connectivity index (χ1) is 15.5. The topological polar surface area (TPSA) is 96.5 Å². The van der Waals surface area contributed by atoms with Gasteiger partial charge in [-0.3, -0.25) is 9.69 Å². The Bertz CT molecular complexity index is 1240. The molecule has 174 valence electrons. The molecule has 12 heteroatoms. The molecule has 3 heterocycles. The standard InChI is InChI=1S/C21H20F3N5O3S/c1-20(2)17(30)29(19(31)28-20)7-6-25-18-26-10-13(21(22,23)24)16(27-18)15-9-11-8-12(32-3)4-5-14(11)33-15/h4-5,8-10H,6-7H2,1-3H3,(H,28,31)(H,25,26,27). The lowest BCUT2D eigenvalue weighted by Gasteiger charge is -2.16. The Morgan fingerprint density at radius 1 is 1.24 bits per heavy atom. The summed E-state index contributed by atoms with van der Waals surface area (Å²) in [6, 6.07) is 6.34. The van der Waals surface area contributed by atoms with Crippen LogP contribution < -0.4 is 15.4 Å². The Morgan fingerprint density at radius 2 is 2.00 bits per heavy atom. The maximum Gasteiger partial charge on any atom is 0.420 e. The van der Waals surface area contributed by atoms with Gasteiger partial charge in [-0.25, -0.2) is 14.8 Å². The summed E-state index contributed by atoms with van der Waals surface area (Å²) in [4.78, 5) is 33.5. The number of fused-ring (bicyclic) bond motifs is 1. The molecule has 1 aromatic carbocycles. The first kappa shape index (κ1) is 22.8. The van der Waals surface area contributed by atoms with Gasteiger partial charge in [0.1, 0.15) is 16.9 Å². The number of alkyl halides is 3. The molecule has 0 spiro atoms. The average Bonchev–Trinajstić information content (AvgIpc) is 3.25. The predicted molar refractivity (Wildman–Crippen MR) is 117 cm³/mol. The Labute approximate surface area is 190 Å². The lowest BCUT2D eigenvalue weighted by Crippen LogP contribution is -2.40. The number of urea groups is 1. The minimum Gasteiger partial charge on any atom is -0.497 e. The van der Waals surface area contributed by atoms with Crippen molar-refractivity contribution in [1.82, 2.24) is 20.2 Å². The fraction of sp³-hybridized carbons (Fsp3) is 0.333. The number of imide groups is 1. The van der Waals surface area contributed by atoms with Crippen LogP contribution in [0.3, 0.4) is 0 Å². The van der Waals surface area contributed by atoms with Crippen molar-refractivity contribution in [3.8, 4) is 16.3 Å². The Hall–Kier alpha value is -3.41. The van der Waals surface area contributed by atoms with Crippen molar-refractivity contribution in [2.75, 3.05) is 25.5 Å². The molecule has 3 aromatic rings. The summed E-state index contributed by atoms with van der Waals surface area (Å²) in [5.74, 6) is 0.167. The molecule has 1 aliphatic rings. The van der Waals surface area contributed by atoms with Crippen LogP contribution >= 0.6 is 11.3 Å². The SMILES string of the molecule is COc1ccc2sc(-c3nc(NCCN4C(=O)NC(C)(C)C4=O)ncc3C(F)(F)F)cc2c1. The molecule has 0 unspecified atom stereocenters. The van der Waals surface area contributed by atoms with Gasteiger partial charge in [-0.15, -0.1) is 11.3 Å². The van der Waals surface area contributed by atoms with Crippen molar-refractivity contribution in [2.45, 2.75) is 25.6 Å². The van der Waals surface area contributed by atoms with Crippen LogP contribution in [0.25, 0.3) is 20.7 Å². The summed E-state index contributed by atoms with van der Waals surface area (Å²) in [7, 11) is 1.51. The van der Waals surface area contributed by atoms with Crippen LogP contribution in [0.15, 0.2) is 30.5 Å². The molecule has 1 fully saturated rings. The van der Waals surface area contributed by atoms with E-state index >= 15 is 0 Å². The van der Waals surface area contributed by atoms with Crippen LogP contribution in [0.2, 0.25) is 0 Å². The number of halogens is 3. The fourth-order valence-corrected chi connectivity index (χ4v) is 4.47. The zero-order valence-electron chi connectivity index (χ0n) is 17.9. The minimum atomic E-state index is -4.65. The Kier molecular flexibility index (Phi) is 5.64. The minimum absolute atomic E-state index is 0.0104. The number of carbonyl (C=O) groups is 2. The summed E-state index contributed by atoms with van der Waals surface area (Å²) in [5, 5.41) is 6.10. The van der Waals surface area contributed by atoms with Gasteiger partial charge < -0.3 is 15.4 Å². The molecular weight excluding hydrogens is 459 g/mol. The molecular formula is C21H20F3N5O3S. The third-order valence-corrected chi connectivity index (χ3v) is 6.24. The normalized spacial score (nSPS) is 15.8. The van der Waals surface area contributed by atoms with Gasteiger partial charge in [0.05, 0.1) is 17.7 Å². The number of hydrogen-bond donors (Lipinski definition) is 2. The molecule has 4 rings (SSSR count). The molecule has 8 nitrogen and oxygen atoms in total. The number of carbonyl (C=O) groups excluding carboxylic acids is 2. The number of ether oxygens (including phenoxy) is 1. The van der Waals surface area contributed by atoms with E-state index in [1.807, 2.05) is 0 Å². The second-order valence-corrected chi connectivity index (χ2v) is 8.99. The van der Waals surface area contributed by atoms with Crippen molar-refractivity contribution in [3.05, 3.63) is 36.0 Å². The highest BCUT2D eigenvalue weighted by molar-refractivity contribution is 7.22. The molecule has 2 N–H and O–H groups in total. The number of hydrogen-bond acceptors (Lipinski definition) is 7. The number of nitrogens with zero attached hydrogens (tertiary/aromatic N) is 3. The van der Waals surface area contributed by atoms with E-state index in [1.165, 1.54) is 18.4 Å². The highest BCUT2D eigenvalue weighted by Crippen LogP contribution is 2.41. The number of aromatic nitrogens is 2. The van der Waals surface area contributed by atoms with Gasteiger partial charge in [0.2, 0.25) is 5.95 Å². The third-order valence-electron chi connectivity index (χ3n) is 5.11.